The lowest BCUT2D eigenvalue weighted by molar-refractivity contribution is -0.116. The molecule has 2 fully saturated rings. The van der Waals surface area contributed by atoms with Crippen LogP contribution in [-0.4, -0.2) is 59.8 Å². The van der Waals surface area contributed by atoms with Crippen LogP contribution in [0.15, 0.2) is 47.3 Å². The van der Waals surface area contributed by atoms with Crippen LogP contribution in [0.3, 0.4) is 0 Å². The Morgan fingerprint density at radius 1 is 1.24 bits per heavy atom. The van der Waals surface area contributed by atoms with Gasteiger partial charge in [0, 0.05) is 50.2 Å². The number of piperidine rings is 1. The molecule has 2 amide bonds. The van der Waals surface area contributed by atoms with Crippen LogP contribution in [0.25, 0.3) is 0 Å². The fourth-order valence-electron chi connectivity index (χ4n) is 4.17. The highest BCUT2D eigenvalue weighted by molar-refractivity contribution is 8.01. The second-order valence-electron chi connectivity index (χ2n) is 8.70. The number of nitrogens with one attached hydrogen (secondary N) is 2. The third kappa shape index (κ3) is 7.07. The fraction of sp³-hybridized carbons (Fsp3) is 0.480. The molecule has 34 heavy (non-hydrogen) atoms. The van der Waals surface area contributed by atoms with Gasteiger partial charge in [-0.05, 0) is 55.4 Å². The van der Waals surface area contributed by atoms with E-state index in [0.29, 0.717) is 18.7 Å². The van der Waals surface area contributed by atoms with Gasteiger partial charge in [0.1, 0.15) is 0 Å². The zero-order valence-corrected chi connectivity index (χ0v) is 21.0. The van der Waals surface area contributed by atoms with E-state index < -0.39 is 0 Å². The highest BCUT2D eigenvalue weighted by atomic mass is 32.2. The van der Waals surface area contributed by atoms with E-state index in [1.807, 2.05) is 47.1 Å². The molecule has 2 aliphatic rings. The van der Waals surface area contributed by atoms with E-state index in [2.05, 4.69) is 22.2 Å². The Morgan fingerprint density at radius 3 is 2.79 bits per heavy atom. The van der Waals surface area contributed by atoms with E-state index in [1.54, 1.807) is 11.3 Å². The molecular formula is C25H32N4O3S2. The average Bonchev–Trinajstić information content (AvgIpc) is 3.33. The zero-order chi connectivity index (χ0) is 23.8. The maximum atomic E-state index is 13.1. The van der Waals surface area contributed by atoms with Gasteiger partial charge < -0.3 is 20.3 Å². The number of hydrogen-bond acceptors (Lipinski definition) is 7. The Kier molecular flexibility index (Phi) is 9.01. The van der Waals surface area contributed by atoms with Crippen LogP contribution >= 0.6 is 23.1 Å². The van der Waals surface area contributed by atoms with Crippen LogP contribution in [0.2, 0.25) is 0 Å². The van der Waals surface area contributed by atoms with Gasteiger partial charge in [-0.3, -0.25) is 9.59 Å². The van der Waals surface area contributed by atoms with Crippen LogP contribution in [-0.2, 0) is 16.1 Å². The molecule has 0 aliphatic carbocycles. The van der Waals surface area contributed by atoms with Crippen molar-refractivity contribution >= 4 is 40.0 Å². The van der Waals surface area contributed by atoms with Crippen molar-refractivity contribution in [3.8, 4) is 0 Å². The number of thioether (sulfide) groups is 1. The van der Waals surface area contributed by atoms with Gasteiger partial charge >= 0.3 is 0 Å². The summed E-state index contributed by atoms with van der Waals surface area (Å²) in [6.07, 6.45) is 7.50. The molecule has 7 nitrogen and oxygen atoms in total. The quantitative estimate of drug-likeness (QED) is 0.397. The topological polar surface area (TPSA) is 83.6 Å². The third-order valence-corrected chi connectivity index (χ3v) is 8.53. The number of hydrogen-bond donors (Lipinski definition) is 2. The van der Waals surface area contributed by atoms with E-state index in [9.17, 15) is 9.59 Å². The minimum absolute atomic E-state index is 0.0417. The SMILES string of the molecule is C=CC(=O)NCc1ccc(C(=O)N2CCC[C@@H](Nc3ncc(SCC4CCOCC4)s3)C2)cc1. The van der Waals surface area contributed by atoms with Crippen molar-refractivity contribution in [2.45, 2.75) is 42.5 Å². The van der Waals surface area contributed by atoms with Crippen molar-refractivity contribution in [3.63, 3.8) is 0 Å². The number of nitrogens with zero attached hydrogens (tertiary/aromatic N) is 2. The second kappa shape index (κ2) is 12.4. The van der Waals surface area contributed by atoms with Gasteiger partial charge in [0.15, 0.2) is 5.13 Å². The molecule has 0 bridgehead atoms. The van der Waals surface area contributed by atoms with Crippen molar-refractivity contribution in [1.29, 1.82) is 0 Å². The summed E-state index contributed by atoms with van der Waals surface area (Å²) in [6, 6.07) is 7.62. The molecule has 2 saturated heterocycles. The summed E-state index contributed by atoms with van der Waals surface area (Å²) in [5, 5.41) is 7.22. The van der Waals surface area contributed by atoms with Gasteiger partial charge in [0.2, 0.25) is 5.91 Å². The number of carbonyl (C=O) groups is 2. The predicted molar refractivity (Wildman–Crippen MR) is 137 cm³/mol. The normalized spacial score (nSPS) is 18.9. The molecule has 2 aromatic rings. The summed E-state index contributed by atoms with van der Waals surface area (Å²) < 4.78 is 6.69. The molecule has 3 heterocycles. The van der Waals surface area contributed by atoms with Gasteiger partial charge in [-0.1, -0.05) is 30.0 Å². The first-order valence-corrected chi connectivity index (χ1v) is 13.6. The summed E-state index contributed by atoms with van der Waals surface area (Å²) in [6.45, 7) is 7.06. The molecule has 1 atom stereocenters. The molecule has 182 valence electrons. The number of thiazole rings is 1. The standard InChI is InChI=1S/C25H32N4O3S2/c1-2-22(30)26-14-18-5-7-20(8-6-18)24(31)29-11-3-4-21(16-29)28-25-27-15-23(34-25)33-17-19-9-12-32-13-10-19/h2,5-8,15,19,21H,1,3-4,9-14,16-17H2,(H,26,30)(H,27,28)/t21-/m1/s1. The van der Waals surface area contributed by atoms with Gasteiger partial charge in [-0.15, -0.1) is 11.8 Å². The predicted octanol–water partition coefficient (Wildman–Crippen LogP) is 4.18. The smallest absolute Gasteiger partial charge is 0.253 e. The number of ether oxygens (including phenoxy) is 1. The lowest BCUT2D eigenvalue weighted by Gasteiger charge is -2.33. The van der Waals surface area contributed by atoms with Crippen LogP contribution in [0, 0.1) is 5.92 Å². The van der Waals surface area contributed by atoms with Gasteiger partial charge in [0.25, 0.3) is 5.91 Å². The molecule has 1 aromatic heterocycles. The molecule has 9 heteroatoms. The molecular weight excluding hydrogens is 468 g/mol. The minimum Gasteiger partial charge on any atom is -0.381 e. The number of likely N-dealkylation sites (tertiary alicyclic amines) is 1. The number of benzene rings is 1. The van der Waals surface area contributed by atoms with Gasteiger partial charge in [0.05, 0.1) is 10.4 Å². The molecule has 0 unspecified atom stereocenters. The number of anilines is 1. The second-order valence-corrected chi connectivity index (χ2v) is 11.1. The number of aromatic nitrogens is 1. The Labute approximate surface area is 209 Å². The van der Waals surface area contributed by atoms with E-state index in [1.165, 1.54) is 10.3 Å². The summed E-state index contributed by atoms with van der Waals surface area (Å²) >= 11 is 3.59. The average molecular weight is 501 g/mol. The molecule has 2 N–H and O–H groups in total. The van der Waals surface area contributed by atoms with E-state index in [0.717, 1.165) is 67.8 Å². The van der Waals surface area contributed by atoms with E-state index >= 15 is 0 Å². The molecule has 0 radical (unpaired) electrons. The molecule has 1 aromatic carbocycles. The van der Waals surface area contributed by atoms with E-state index in [-0.39, 0.29) is 17.9 Å². The maximum Gasteiger partial charge on any atom is 0.253 e. The molecule has 0 spiro atoms. The maximum absolute atomic E-state index is 13.1. The lowest BCUT2D eigenvalue weighted by Crippen LogP contribution is -2.45. The fourth-order valence-corrected chi connectivity index (χ4v) is 6.33. The van der Waals surface area contributed by atoms with Crippen molar-refractivity contribution in [2.75, 3.05) is 37.4 Å². The van der Waals surface area contributed by atoms with Crippen LogP contribution < -0.4 is 10.6 Å². The van der Waals surface area contributed by atoms with Crippen molar-refractivity contribution in [2.24, 2.45) is 5.92 Å². The lowest BCUT2D eigenvalue weighted by atomic mass is 10.0. The third-order valence-electron chi connectivity index (χ3n) is 6.18. The first kappa shape index (κ1) is 24.8. The van der Waals surface area contributed by atoms with Gasteiger partial charge in [-0.25, -0.2) is 4.98 Å². The molecule has 0 saturated carbocycles. The van der Waals surface area contributed by atoms with Crippen molar-refractivity contribution in [3.05, 3.63) is 54.2 Å². The monoisotopic (exact) mass is 500 g/mol. The van der Waals surface area contributed by atoms with Crippen LogP contribution in [0.5, 0.6) is 0 Å². The first-order chi connectivity index (χ1) is 16.6. The summed E-state index contributed by atoms with van der Waals surface area (Å²) in [5.41, 5.74) is 1.61. The summed E-state index contributed by atoms with van der Waals surface area (Å²) in [5.74, 6) is 1.68. The Morgan fingerprint density at radius 2 is 2.03 bits per heavy atom. The largest absolute Gasteiger partial charge is 0.381 e. The van der Waals surface area contributed by atoms with Gasteiger partial charge in [-0.2, -0.15) is 0 Å². The van der Waals surface area contributed by atoms with Crippen LogP contribution in [0.1, 0.15) is 41.6 Å². The Balaban J connectivity index is 1.26. The first-order valence-electron chi connectivity index (χ1n) is 11.8. The molecule has 4 rings (SSSR count). The van der Waals surface area contributed by atoms with Crippen LogP contribution in [0.4, 0.5) is 5.13 Å². The Bertz CT molecular complexity index is 973. The van der Waals surface area contributed by atoms with Crippen molar-refractivity contribution in [1.82, 2.24) is 15.2 Å². The van der Waals surface area contributed by atoms with E-state index in [4.69, 9.17) is 4.74 Å². The minimum atomic E-state index is -0.211. The number of carbonyl (C=O) groups excluding carboxylic acids is 2. The highest BCUT2D eigenvalue weighted by Crippen LogP contribution is 2.32. The number of amides is 2. The van der Waals surface area contributed by atoms with Crippen molar-refractivity contribution < 1.29 is 14.3 Å². The Hall–Kier alpha value is -2.36. The zero-order valence-electron chi connectivity index (χ0n) is 19.3. The number of rotatable bonds is 9. The summed E-state index contributed by atoms with van der Waals surface area (Å²) in [7, 11) is 0. The summed E-state index contributed by atoms with van der Waals surface area (Å²) in [4.78, 5) is 30.9. The molecule has 2 aliphatic heterocycles. The highest BCUT2D eigenvalue weighted by Gasteiger charge is 2.25.